The molecule has 0 bridgehead atoms. The van der Waals surface area contributed by atoms with E-state index in [2.05, 4.69) is 58.6 Å². The van der Waals surface area contributed by atoms with Crippen LogP contribution in [0.25, 0.3) is 0 Å². The Hall–Kier alpha value is -1.61. The van der Waals surface area contributed by atoms with E-state index in [4.69, 9.17) is 0 Å². The molecule has 5 nitrogen and oxygen atoms in total. The van der Waals surface area contributed by atoms with Crippen LogP contribution in [0.15, 0.2) is 59.6 Å². The molecule has 0 amide bonds. The standard InChI is InChI=1S/C22H32N4OS.HI/c1-4-26(21-12-8-9-19(2)17-21)15-13-24-22(23-3)25-14-16-28(27)18-20-10-6-5-7-11-20;/h5-12,17H,4,13-16,18H2,1-3H3,(H2,23,24,25);1H. The van der Waals surface area contributed by atoms with Crippen LogP contribution in [-0.2, 0) is 16.6 Å². The van der Waals surface area contributed by atoms with Crippen molar-refractivity contribution in [2.75, 3.05) is 43.9 Å². The molecule has 0 aliphatic rings. The fraction of sp³-hybridized carbons (Fsp3) is 0.409. The van der Waals surface area contributed by atoms with E-state index in [-0.39, 0.29) is 24.0 Å². The number of aryl methyl sites for hydroxylation is 1. The number of aliphatic imine (C=N–C) groups is 1. The Morgan fingerprint density at radius 1 is 1.07 bits per heavy atom. The minimum Gasteiger partial charge on any atom is -0.370 e. The fourth-order valence-electron chi connectivity index (χ4n) is 2.94. The summed E-state index contributed by atoms with van der Waals surface area (Å²) >= 11 is 0. The average Bonchev–Trinajstić information content (AvgIpc) is 2.70. The van der Waals surface area contributed by atoms with Gasteiger partial charge in [-0.25, -0.2) is 0 Å². The molecule has 0 saturated carbocycles. The number of halogens is 1. The molecule has 7 heteroatoms. The molecule has 0 radical (unpaired) electrons. The predicted octanol–water partition coefficient (Wildman–Crippen LogP) is 3.55. The van der Waals surface area contributed by atoms with E-state index >= 15 is 0 Å². The van der Waals surface area contributed by atoms with Crippen molar-refractivity contribution in [3.63, 3.8) is 0 Å². The fourth-order valence-corrected chi connectivity index (χ4v) is 3.98. The third kappa shape index (κ3) is 9.62. The lowest BCUT2D eigenvalue weighted by atomic mass is 10.2. The molecule has 2 aromatic rings. The maximum absolute atomic E-state index is 12.2. The van der Waals surface area contributed by atoms with E-state index in [0.29, 0.717) is 18.1 Å². The van der Waals surface area contributed by atoms with Crippen molar-refractivity contribution >= 4 is 46.4 Å². The number of likely N-dealkylation sites (N-methyl/N-ethyl adjacent to an activating group) is 1. The molecule has 160 valence electrons. The number of benzene rings is 2. The van der Waals surface area contributed by atoms with Gasteiger partial charge < -0.3 is 15.5 Å². The summed E-state index contributed by atoms with van der Waals surface area (Å²) in [6.45, 7) is 7.54. The number of hydrogen-bond donors (Lipinski definition) is 2. The lowest BCUT2D eigenvalue weighted by Crippen LogP contribution is -2.42. The number of nitrogens with zero attached hydrogens (tertiary/aromatic N) is 2. The summed E-state index contributed by atoms with van der Waals surface area (Å²) in [4.78, 5) is 6.59. The average molecular weight is 529 g/mol. The Balaban J connectivity index is 0.00000420. The topological polar surface area (TPSA) is 56.7 Å². The van der Waals surface area contributed by atoms with Crippen LogP contribution < -0.4 is 15.5 Å². The molecule has 1 atom stereocenters. The molecule has 0 spiro atoms. The van der Waals surface area contributed by atoms with Crippen LogP contribution in [0.1, 0.15) is 18.1 Å². The highest BCUT2D eigenvalue weighted by atomic mass is 127. The van der Waals surface area contributed by atoms with Gasteiger partial charge in [-0.1, -0.05) is 42.5 Å². The summed E-state index contributed by atoms with van der Waals surface area (Å²) < 4.78 is 12.2. The highest BCUT2D eigenvalue weighted by molar-refractivity contribution is 14.0. The highest BCUT2D eigenvalue weighted by Gasteiger charge is 2.06. The Kier molecular flexibility index (Phi) is 12.6. The summed E-state index contributed by atoms with van der Waals surface area (Å²) in [5.74, 6) is 1.94. The number of nitrogens with one attached hydrogen (secondary N) is 2. The smallest absolute Gasteiger partial charge is 0.191 e. The van der Waals surface area contributed by atoms with Crippen molar-refractivity contribution in [3.8, 4) is 0 Å². The molecule has 1 unspecified atom stereocenters. The van der Waals surface area contributed by atoms with Crippen LogP contribution in [0.3, 0.4) is 0 Å². The van der Waals surface area contributed by atoms with Gasteiger partial charge in [0.1, 0.15) is 0 Å². The second-order valence-corrected chi connectivity index (χ2v) is 8.19. The number of rotatable bonds is 10. The molecule has 2 aromatic carbocycles. The zero-order chi connectivity index (χ0) is 20.2. The minimum absolute atomic E-state index is 0. The molecule has 0 aromatic heterocycles. The van der Waals surface area contributed by atoms with Gasteiger partial charge in [0.15, 0.2) is 5.96 Å². The first-order valence-electron chi connectivity index (χ1n) is 9.77. The van der Waals surface area contributed by atoms with Gasteiger partial charge in [0.05, 0.1) is 0 Å². The van der Waals surface area contributed by atoms with Crippen molar-refractivity contribution in [2.45, 2.75) is 19.6 Å². The van der Waals surface area contributed by atoms with Gasteiger partial charge in [-0.2, -0.15) is 0 Å². The van der Waals surface area contributed by atoms with E-state index < -0.39 is 10.8 Å². The van der Waals surface area contributed by atoms with E-state index in [1.54, 1.807) is 7.05 Å². The summed E-state index contributed by atoms with van der Waals surface area (Å²) in [7, 11) is 0.874. The molecule has 2 rings (SSSR count). The third-order valence-corrected chi connectivity index (χ3v) is 5.75. The number of anilines is 1. The van der Waals surface area contributed by atoms with Crippen molar-refractivity contribution in [1.82, 2.24) is 10.6 Å². The quantitative estimate of drug-likeness (QED) is 0.282. The van der Waals surface area contributed by atoms with Crippen molar-refractivity contribution in [3.05, 3.63) is 65.7 Å². The van der Waals surface area contributed by atoms with Crippen LogP contribution in [0.4, 0.5) is 5.69 Å². The normalized spacial score (nSPS) is 12.0. The molecular weight excluding hydrogens is 495 g/mol. The second kappa shape index (κ2) is 14.4. The van der Waals surface area contributed by atoms with Crippen LogP contribution in [-0.4, -0.2) is 49.1 Å². The third-order valence-electron chi connectivity index (χ3n) is 4.44. The van der Waals surface area contributed by atoms with E-state index in [9.17, 15) is 4.21 Å². The zero-order valence-electron chi connectivity index (χ0n) is 17.6. The predicted molar refractivity (Wildman–Crippen MR) is 137 cm³/mol. The minimum atomic E-state index is -0.885. The molecular formula is C22H33IN4OS. The van der Waals surface area contributed by atoms with Crippen molar-refractivity contribution < 1.29 is 4.21 Å². The van der Waals surface area contributed by atoms with Gasteiger partial charge >= 0.3 is 0 Å². The van der Waals surface area contributed by atoms with Crippen LogP contribution >= 0.6 is 24.0 Å². The molecule has 29 heavy (non-hydrogen) atoms. The van der Waals surface area contributed by atoms with Gasteiger partial charge in [-0.15, -0.1) is 24.0 Å². The maximum atomic E-state index is 12.2. The van der Waals surface area contributed by atoms with Crippen molar-refractivity contribution in [2.24, 2.45) is 4.99 Å². The lowest BCUT2D eigenvalue weighted by molar-refractivity contribution is 0.680. The largest absolute Gasteiger partial charge is 0.370 e. The first-order valence-corrected chi connectivity index (χ1v) is 11.3. The van der Waals surface area contributed by atoms with Crippen LogP contribution in [0.2, 0.25) is 0 Å². The van der Waals surface area contributed by atoms with E-state index in [0.717, 1.165) is 31.2 Å². The van der Waals surface area contributed by atoms with Crippen molar-refractivity contribution in [1.29, 1.82) is 0 Å². The monoisotopic (exact) mass is 528 g/mol. The molecule has 0 aliphatic carbocycles. The zero-order valence-corrected chi connectivity index (χ0v) is 20.7. The summed E-state index contributed by atoms with van der Waals surface area (Å²) in [5, 5.41) is 6.59. The van der Waals surface area contributed by atoms with E-state index in [1.165, 1.54) is 11.3 Å². The second-order valence-electron chi connectivity index (χ2n) is 6.62. The van der Waals surface area contributed by atoms with Crippen LogP contribution in [0.5, 0.6) is 0 Å². The first-order chi connectivity index (χ1) is 13.6. The van der Waals surface area contributed by atoms with Gasteiger partial charge in [-0.3, -0.25) is 9.20 Å². The summed E-state index contributed by atoms with van der Waals surface area (Å²) in [6, 6.07) is 18.5. The molecule has 0 fully saturated rings. The van der Waals surface area contributed by atoms with Crippen LogP contribution in [0, 0.1) is 6.92 Å². The SMILES string of the molecule is CCN(CCNC(=NC)NCCS(=O)Cc1ccccc1)c1cccc(C)c1.I. The lowest BCUT2D eigenvalue weighted by Gasteiger charge is -2.24. The molecule has 2 N–H and O–H groups in total. The molecule has 0 aliphatic heterocycles. The Morgan fingerprint density at radius 3 is 2.45 bits per heavy atom. The van der Waals surface area contributed by atoms with Gasteiger partial charge in [0, 0.05) is 61.2 Å². The van der Waals surface area contributed by atoms with E-state index in [1.807, 2.05) is 30.3 Å². The number of guanidine groups is 1. The van der Waals surface area contributed by atoms with Gasteiger partial charge in [0.2, 0.25) is 0 Å². The Bertz CT molecular complexity index is 770. The molecule has 0 heterocycles. The Labute approximate surface area is 194 Å². The summed E-state index contributed by atoms with van der Waals surface area (Å²) in [6.07, 6.45) is 0. The number of hydrogen-bond acceptors (Lipinski definition) is 3. The maximum Gasteiger partial charge on any atom is 0.191 e. The Morgan fingerprint density at radius 2 is 1.79 bits per heavy atom. The summed E-state index contributed by atoms with van der Waals surface area (Å²) in [5.41, 5.74) is 3.62. The van der Waals surface area contributed by atoms with Gasteiger partial charge in [-0.05, 0) is 37.1 Å². The highest BCUT2D eigenvalue weighted by Crippen LogP contribution is 2.14. The molecule has 0 saturated heterocycles. The first kappa shape index (κ1) is 25.4. The van der Waals surface area contributed by atoms with Gasteiger partial charge in [0.25, 0.3) is 0 Å².